The highest BCUT2D eigenvalue weighted by Gasteiger charge is 2.36. The van der Waals surface area contributed by atoms with Crippen molar-refractivity contribution in [2.75, 3.05) is 0 Å². The number of hydrogen-bond donors (Lipinski definition) is 0. The van der Waals surface area contributed by atoms with Crippen LogP contribution >= 0.6 is 0 Å². The van der Waals surface area contributed by atoms with Gasteiger partial charge in [0.25, 0.3) is 0 Å². The first-order valence-corrected chi connectivity index (χ1v) is 10.1. The van der Waals surface area contributed by atoms with Crippen LogP contribution in [0.15, 0.2) is 54.1 Å². The van der Waals surface area contributed by atoms with Crippen LogP contribution in [-0.4, -0.2) is 8.07 Å². The predicted molar refractivity (Wildman–Crippen MR) is 88.1 cm³/mol. The molecule has 0 spiro atoms. The summed E-state index contributed by atoms with van der Waals surface area (Å²) in [5.74, 6) is 0.680. The van der Waals surface area contributed by atoms with Crippen LogP contribution in [0, 0.1) is 11.5 Å². The lowest BCUT2D eigenvalue weighted by atomic mass is 10.0. The van der Waals surface area contributed by atoms with Crippen LogP contribution in [0.2, 0.25) is 12.6 Å². The highest BCUT2D eigenvalue weighted by atomic mass is 28.3. The maximum atomic E-state index is 2.50. The van der Waals surface area contributed by atoms with Crippen LogP contribution in [-0.2, 0) is 0 Å². The molecule has 0 amide bonds. The SMILES string of the molecule is CCC(C)C1=C[C]([Si](C)(CC)c2ccccc2)C=C1. The van der Waals surface area contributed by atoms with E-state index in [1.165, 1.54) is 18.0 Å². The third kappa shape index (κ3) is 2.76. The first kappa shape index (κ1) is 14.3. The highest BCUT2D eigenvalue weighted by Crippen LogP contribution is 2.33. The average molecular weight is 269 g/mol. The van der Waals surface area contributed by atoms with E-state index in [9.17, 15) is 0 Å². The summed E-state index contributed by atoms with van der Waals surface area (Å²) in [5, 5.41) is 1.55. The molecule has 2 rings (SSSR count). The van der Waals surface area contributed by atoms with Crippen molar-refractivity contribution >= 4 is 13.3 Å². The molecule has 0 saturated carbocycles. The molecule has 0 aromatic heterocycles. The van der Waals surface area contributed by atoms with E-state index in [-0.39, 0.29) is 0 Å². The first-order valence-electron chi connectivity index (χ1n) is 7.44. The molecule has 19 heavy (non-hydrogen) atoms. The summed E-state index contributed by atoms with van der Waals surface area (Å²) in [6.07, 6.45) is 8.41. The van der Waals surface area contributed by atoms with Crippen LogP contribution in [0.5, 0.6) is 0 Å². The topological polar surface area (TPSA) is 0 Å². The Bertz CT molecular complexity index is 472. The first-order chi connectivity index (χ1) is 9.11. The zero-order chi connectivity index (χ0) is 13.9. The fraction of sp³-hybridized carbons (Fsp3) is 0.389. The Balaban J connectivity index is 2.30. The van der Waals surface area contributed by atoms with Gasteiger partial charge < -0.3 is 0 Å². The molecule has 1 aliphatic rings. The van der Waals surface area contributed by atoms with Gasteiger partial charge in [-0.2, -0.15) is 0 Å². The highest BCUT2D eigenvalue weighted by molar-refractivity contribution is 6.96. The molecule has 0 nitrogen and oxygen atoms in total. The fourth-order valence-electron chi connectivity index (χ4n) is 2.73. The molecule has 2 unspecified atom stereocenters. The van der Waals surface area contributed by atoms with Crippen molar-refractivity contribution in [3.63, 3.8) is 0 Å². The van der Waals surface area contributed by atoms with Crippen LogP contribution < -0.4 is 5.19 Å². The minimum absolute atomic E-state index is 0.680. The maximum Gasteiger partial charge on any atom is 0.0985 e. The van der Waals surface area contributed by atoms with Crippen LogP contribution in [0.25, 0.3) is 0 Å². The van der Waals surface area contributed by atoms with E-state index in [0.717, 1.165) is 0 Å². The third-order valence-corrected chi connectivity index (χ3v) is 9.32. The van der Waals surface area contributed by atoms with Gasteiger partial charge in [-0.25, -0.2) is 0 Å². The number of hydrogen-bond acceptors (Lipinski definition) is 0. The number of benzene rings is 1. The molecule has 0 N–H and O–H groups in total. The van der Waals surface area contributed by atoms with E-state index in [0.29, 0.717) is 5.92 Å². The zero-order valence-corrected chi connectivity index (χ0v) is 13.6. The second-order valence-corrected chi connectivity index (χ2v) is 10.3. The second-order valence-electron chi connectivity index (χ2n) is 5.79. The molecule has 1 aromatic rings. The van der Waals surface area contributed by atoms with Gasteiger partial charge in [0, 0.05) is 5.54 Å². The fourth-order valence-corrected chi connectivity index (χ4v) is 5.74. The van der Waals surface area contributed by atoms with Gasteiger partial charge in [-0.05, 0) is 17.9 Å². The van der Waals surface area contributed by atoms with E-state index < -0.39 is 8.07 Å². The molecule has 1 heteroatoms. The molecular weight excluding hydrogens is 244 g/mol. The summed E-state index contributed by atoms with van der Waals surface area (Å²) in [7, 11) is -1.51. The van der Waals surface area contributed by atoms with Crippen molar-refractivity contribution in [2.45, 2.75) is 39.8 Å². The van der Waals surface area contributed by atoms with Crippen molar-refractivity contribution in [3.8, 4) is 0 Å². The van der Waals surface area contributed by atoms with Gasteiger partial charge in [0.15, 0.2) is 0 Å². The lowest BCUT2D eigenvalue weighted by Crippen LogP contribution is -2.48. The van der Waals surface area contributed by atoms with Gasteiger partial charge in [0.2, 0.25) is 0 Å². The largest absolute Gasteiger partial charge is 0.0985 e. The molecule has 0 heterocycles. The van der Waals surface area contributed by atoms with Crippen LogP contribution in [0.1, 0.15) is 27.2 Å². The summed E-state index contributed by atoms with van der Waals surface area (Å²) in [4.78, 5) is 0. The average Bonchev–Trinajstić information content (AvgIpc) is 2.97. The van der Waals surface area contributed by atoms with Crippen molar-refractivity contribution in [1.29, 1.82) is 0 Å². The molecule has 101 valence electrons. The van der Waals surface area contributed by atoms with E-state index >= 15 is 0 Å². The lowest BCUT2D eigenvalue weighted by molar-refractivity contribution is 0.672. The Morgan fingerprint density at radius 3 is 2.32 bits per heavy atom. The summed E-state index contributed by atoms with van der Waals surface area (Å²) in [5.41, 5.74) is 3.11. The third-order valence-electron chi connectivity index (χ3n) is 4.71. The molecule has 0 aliphatic heterocycles. The van der Waals surface area contributed by atoms with E-state index in [2.05, 4.69) is 75.9 Å². The van der Waals surface area contributed by atoms with Gasteiger partial charge in [-0.15, -0.1) is 0 Å². The monoisotopic (exact) mass is 269 g/mol. The van der Waals surface area contributed by atoms with Crippen LogP contribution in [0.4, 0.5) is 0 Å². The lowest BCUT2D eigenvalue weighted by Gasteiger charge is -2.30. The molecule has 0 bridgehead atoms. The van der Waals surface area contributed by atoms with Gasteiger partial charge in [-0.1, -0.05) is 87.1 Å². The quantitative estimate of drug-likeness (QED) is 0.683. The van der Waals surface area contributed by atoms with E-state index in [1.54, 1.807) is 10.7 Å². The Hall–Kier alpha value is -1.08. The Morgan fingerprint density at radius 1 is 1.05 bits per heavy atom. The van der Waals surface area contributed by atoms with Crippen LogP contribution in [0.3, 0.4) is 0 Å². The van der Waals surface area contributed by atoms with Crippen molar-refractivity contribution < 1.29 is 0 Å². The summed E-state index contributed by atoms with van der Waals surface area (Å²) in [6, 6.07) is 12.4. The molecule has 0 fully saturated rings. The smallest absolute Gasteiger partial charge is 0.0757 e. The molecule has 1 aliphatic carbocycles. The minimum atomic E-state index is -1.51. The molecular formula is C18H25Si. The summed E-state index contributed by atoms with van der Waals surface area (Å²) >= 11 is 0. The van der Waals surface area contributed by atoms with Gasteiger partial charge in [0.1, 0.15) is 0 Å². The van der Waals surface area contributed by atoms with Gasteiger partial charge in [-0.3, -0.25) is 0 Å². The van der Waals surface area contributed by atoms with Crippen molar-refractivity contribution in [3.05, 3.63) is 59.7 Å². The number of allylic oxidation sites excluding steroid dienone is 4. The molecule has 2 atom stereocenters. The molecule has 1 radical (unpaired) electrons. The summed E-state index contributed by atoms with van der Waals surface area (Å²) in [6.45, 7) is 9.44. The number of rotatable bonds is 5. The normalized spacial score (nSPS) is 20.1. The van der Waals surface area contributed by atoms with Gasteiger partial charge >= 0.3 is 0 Å². The maximum absolute atomic E-state index is 2.50. The molecule has 1 aromatic carbocycles. The zero-order valence-electron chi connectivity index (χ0n) is 12.6. The van der Waals surface area contributed by atoms with Crippen molar-refractivity contribution in [2.24, 2.45) is 5.92 Å². The molecule has 0 saturated heterocycles. The van der Waals surface area contributed by atoms with E-state index in [1.807, 2.05) is 0 Å². The van der Waals surface area contributed by atoms with E-state index in [4.69, 9.17) is 0 Å². The second kappa shape index (κ2) is 5.92. The Morgan fingerprint density at radius 2 is 1.74 bits per heavy atom. The minimum Gasteiger partial charge on any atom is -0.0757 e. The Kier molecular flexibility index (Phi) is 4.46. The van der Waals surface area contributed by atoms with Gasteiger partial charge in [0.05, 0.1) is 8.07 Å². The predicted octanol–water partition coefficient (Wildman–Crippen LogP) is 4.65. The standard InChI is InChI=1S/C18H25Si/c1-5-15(3)16-12-13-18(14-16)19(4,6-2)17-10-8-7-9-11-17/h7-15H,5-6H2,1-4H3. The van der Waals surface area contributed by atoms with Crippen molar-refractivity contribution in [1.82, 2.24) is 0 Å². The Labute approximate surface area is 119 Å². The summed E-state index contributed by atoms with van der Waals surface area (Å²) < 4.78 is 0.